The van der Waals surface area contributed by atoms with Crippen molar-refractivity contribution < 1.29 is 26.7 Å². The predicted molar refractivity (Wildman–Crippen MR) is 74.7 cm³/mol. The molecule has 2 unspecified atom stereocenters. The number of hydrogen-bond acceptors (Lipinski definition) is 3. The number of halogens is 3. The predicted octanol–water partition coefficient (Wildman–Crippen LogP) is 2.41. The standard InChI is InChI=1S/C14H18F3NO3S/c1-9-3-4-12(7-13(9)14(15,16)17)22(20,21)18-6-5-11(8-18)10(2)19/h3-4,7,10-11,19H,5-6,8H2,1-2H3. The molecule has 2 rings (SSSR count). The Morgan fingerprint density at radius 2 is 2.00 bits per heavy atom. The van der Waals surface area contributed by atoms with Crippen LogP contribution in [0, 0.1) is 12.8 Å². The van der Waals surface area contributed by atoms with E-state index in [2.05, 4.69) is 0 Å². The molecule has 0 bridgehead atoms. The minimum atomic E-state index is -4.59. The summed E-state index contributed by atoms with van der Waals surface area (Å²) >= 11 is 0. The van der Waals surface area contributed by atoms with Gasteiger partial charge in [0.25, 0.3) is 0 Å². The molecule has 0 amide bonds. The monoisotopic (exact) mass is 337 g/mol. The lowest BCUT2D eigenvalue weighted by Crippen LogP contribution is -2.30. The van der Waals surface area contributed by atoms with E-state index >= 15 is 0 Å². The highest BCUT2D eigenvalue weighted by Crippen LogP contribution is 2.34. The Labute approximate surface area is 127 Å². The van der Waals surface area contributed by atoms with Crippen LogP contribution >= 0.6 is 0 Å². The molecular weight excluding hydrogens is 319 g/mol. The van der Waals surface area contributed by atoms with Crippen molar-refractivity contribution in [1.82, 2.24) is 4.31 Å². The van der Waals surface area contributed by atoms with E-state index in [1.165, 1.54) is 13.0 Å². The molecule has 0 radical (unpaired) electrons. The molecule has 1 heterocycles. The van der Waals surface area contributed by atoms with E-state index in [4.69, 9.17) is 0 Å². The third-order valence-electron chi connectivity index (χ3n) is 4.02. The summed E-state index contributed by atoms with van der Waals surface area (Å²) in [6, 6.07) is 3.04. The summed E-state index contributed by atoms with van der Waals surface area (Å²) in [5.41, 5.74) is -0.963. The Balaban J connectivity index is 2.35. The first kappa shape index (κ1) is 17.2. The van der Waals surface area contributed by atoms with Gasteiger partial charge in [0.05, 0.1) is 16.6 Å². The average molecular weight is 337 g/mol. The van der Waals surface area contributed by atoms with Crippen molar-refractivity contribution in [3.8, 4) is 0 Å². The van der Waals surface area contributed by atoms with Crippen molar-refractivity contribution in [2.24, 2.45) is 5.92 Å². The van der Waals surface area contributed by atoms with Gasteiger partial charge in [-0.3, -0.25) is 0 Å². The number of alkyl halides is 3. The van der Waals surface area contributed by atoms with Crippen LogP contribution in [0.4, 0.5) is 13.2 Å². The molecule has 1 saturated heterocycles. The molecular formula is C14H18F3NO3S. The van der Waals surface area contributed by atoms with Crippen molar-refractivity contribution in [3.05, 3.63) is 29.3 Å². The second-order valence-electron chi connectivity index (χ2n) is 5.63. The van der Waals surface area contributed by atoms with Gasteiger partial charge in [-0.1, -0.05) is 6.07 Å². The van der Waals surface area contributed by atoms with E-state index in [0.717, 1.165) is 10.4 Å². The van der Waals surface area contributed by atoms with Crippen molar-refractivity contribution in [1.29, 1.82) is 0 Å². The maximum Gasteiger partial charge on any atom is 0.416 e. The lowest BCUT2D eigenvalue weighted by molar-refractivity contribution is -0.138. The Morgan fingerprint density at radius 3 is 2.50 bits per heavy atom. The maximum absolute atomic E-state index is 12.9. The fourth-order valence-electron chi connectivity index (χ4n) is 2.58. The average Bonchev–Trinajstić information content (AvgIpc) is 2.87. The number of sulfonamides is 1. The van der Waals surface area contributed by atoms with Crippen LogP contribution in [0.2, 0.25) is 0 Å². The van der Waals surface area contributed by atoms with Crippen molar-refractivity contribution >= 4 is 10.0 Å². The molecule has 8 heteroatoms. The van der Waals surface area contributed by atoms with E-state index in [-0.39, 0.29) is 29.5 Å². The molecule has 0 aromatic heterocycles. The number of benzene rings is 1. The summed E-state index contributed by atoms with van der Waals surface area (Å²) < 4.78 is 64.8. The van der Waals surface area contributed by atoms with E-state index in [9.17, 15) is 26.7 Å². The number of aliphatic hydroxyl groups excluding tert-OH is 1. The van der Waals surface area contributed by atoms with Gasteiger partial charge in [0, 0.05) is 13.1 Å². The SMILES string of the molecule is Cc1ccc(S(=O)(=O)N2CCC(C(C)O)C2)cc1C(F)(F)F. The zero-order valence-electron chi connectivity index (χ0n) is 12.3. The highest BCUT2D eigenvalue weighted by Gasteiger charge is 2.37. The van der Waals surface area contributed by atoms with Crippen LogP contribution in [0.5, 0.6) is 0 Å². The summed E-state index contributed by atoms with van der Waals surface area (Å²) in [6.07, 6.45) is -4.75. The van der Waals surface area contributed by atoms with Crippen LogP contribution in [0.1, 0.15) is 24.5 Å². The zero-order valence-corrected chi connectivity index (χ0v) is 13.1. The van der Waals surface area contributed by atoms with Crippen LogP contribution in [-0.2, 0) is 16.2 Å². The van der Waals surface area contributed by atoms with Crippen LogP contribution in [0.15, 0.2) is 23.1 Å². The number of aliphatic hydroxyl groups is 1. The fraction of sp³-hybridized carbons (Fsp3) is 0.571. The Bertz CT molecular complexity index is 656. The first-order valence-electron chi connectivity index (χ1n) is 6.89. The Hall–Kier alpha value is -1.12. The van der Waals surface area contributed by atoms with Crippen molar-refractivity contribution in [2.45, 2.75) is 37.4 Å². The zero-order chi connectivity index (χ0) is 16.7. The summed E-state index contributed by atoms with van der Waals surface area (Å²) in [7, 11) is -3.98. The highest BCUT2D eigenvalue weighted by atomic mass is 32.2. The van der Waals surface area contributed by atoms with Gasteiger partial charge in [-0.25, -0.2) is 8.42 Å². The molecule has 124 valence electrons. The minimum Gasteiger partial charge on any atom is -0.393 e. The molecule has 1 aromatic rings. The molecule has 1 aliphatic heterocycles. The summed E-state index contributed by atoms with van der Waals surface area (Å²) in [5.74, 6) is -0.192. The van der Waals surface area contributed by atoms with E-state index in [1.807, 2.05) is 0 Å². The molecule has 0 saturated carbocycles. The maximum atomic E-state index is 12.9. The molecule has 1 N–H and O–H groups in total. The van der Waals surface area contributed by atoms with Gasteiger partial charge in [-0.15, -0.1) is 0 Å². The number of hydrogen-bond donors (Lipinski definition) is 1. The Morgan fingerprint density at radius 1 is 1.36 bits per heavy atom. The first-order chi connectivity index (χ1) is 10.0. The van der Waals surface area contributed by atoms with E-state index in [0.29, 0.717) is 12.5 Å². The number of nitrogens with zero attached hydrogens (tertiary/aromatic N) is 1. The van der Waals surface area contributed by atoms with Gasteiger partial charge >= 0.3 is 6.18 Å². The van der Waals surface area contributed by atoms with Gasteiger partial charge in [0.1, 0.15) is 0 Å². The van der Waals surface area contributed by atoms with Gasteiger partial charge in [-0.05, 0) is 43.9 Å². The summed E-state index contributed by atoms with van der Waals surface area (Å²) in [4.78, 5) is -0.364. The molecule has 0 aliphatic carbocycles. The largest absolute Gasteiger partial charge is 0.416 e. The molecule has 2 atom stereocenters. The second-order valence-corrected chi connectivity index (χ2v) is 7.56. The molecule has 0 spiro atoms. The highest BCUT2D eigenvalue weighted by molar-refractivity contribution is 7.89. The topological polar surface area (TPSA) is 57.6 Å². The quantitative estimate of drug-likeness (QED) is 0.921. The van der Waals surface area contributed by atoms with Crippen molar-refractivity contribution in [3.63, 3.8) is 0 Å². The van der Waals surface area contributed by atoms with Crippen LogP contribution in [0.3, 0.4) is 0 Å². The fourth-order valence-corrected chi connectivity index (χ4v) is 4.12. The summed E-state index contributed by atoms with van der Waals surface area (Å²) in [5, 5.41) is 9.52. The van der Waals surface area contributed by atoms with Crippen molar-refractivity contribution in [2.75, 3.05) is 13.1 Å². The number of rotatable bonds is 3. The molecule has 1 fully saturated rings. The van der Waals surface area contributed by atoms with Gasteiger partial charge in [-0.2, -0.15) is 17.5 Å². The van der Waals surface area contributed by atoms with Gasteiger partial charge in [0.15, 0.2) is 0 Å². The minimum absolute atomic E-state index is 0.0188. The normalized spacial score (nSPS) is 22.0. The van der Waals surface area contributed by atoms with Crippen LogP contribution < -0.4 is 0 Å². The van der Waals surface area contributed by atoms with E-state index < -0.39 is 27.9 Å². The van der Waals surface area contributed by atoms with Crippen LogP contribution in [0.25, 0.3) is 0 Å². The third-order valence-corrected chi connectivity index (χ3v) is 5.88. The Kier molecular flexibility index (Phi) is 4.56. The molecule has 4 nitrogen and oxygen atoms in total. The lowest BCUT2D eigenvalue weighted by atomic mass is 10.0. The number of aryl methyl sites for hydroxylation is 1. The third kappa shape index (κ3) is 3.28. The summed E-state index contributed by atoms with van der Waals surface area (Å²) in [6.45, 7) is 3.19. The van der Waals surface area contributed by atoms with Gasteiger partial charge < -0.3 is 5.11 Å². The molecule has 22 heavy (non-hydrogen) atoms. The first-order valence-corrected chi connectivity index (χ1v) is 8.33. The second kappa shape index (κ2) is 5.82. The van der Waals surface area contributed by atoms with E-state index in [1.54, 1.807) is 6.92 Å². The lowest BCUT2D eigenvalue weighted by Gasteiger charge is -2.19. The molecule has 1 aliphatic rings. The smallest absolute Gasteiger partial charge is 0.393 e. The van der Waals surface area contributed by atoms with Gasteiger partial charge in [0.2, 0.25) is 10.0 Å². The van der Waals surface area contributed by atoms with Crippen LogP contribution in [-0.4, -0.2) is 37.0 Å². The molecule has 1 aromatic carbocycles.